The van der Waals surface area contributed by atoms with Crippen molar-refractivity contribution in [3.63, 3.8) is 0 Å². The van der Waals surface area contributed by atoms with Gasteiger partial charge in [0.25, 0.3) is 0 Å². The Labute approximate surface area is 108 Å². The maximum Gasteiger partial charge on any atom is 0.435 e. The molecule has 0 bridgehead atoms. The van der Waals surface area contributed by atoms with E-state index >= 15 is 0 Å². The zero-order chi connectivity index (χ0) is 14.2. The lowest BCUT2D eigenvalue weighted by atomic mass is 9.96. The highest BCUT2D eigenvalue weighted by Gasteiger charge is 2.37. The topological polar surface area (TPSA) is 35.0 Å². The van der Waals surface area contributed by atoms with Crippen molar-refractivity contribution in [2.24, 2.45) is 0 Å². The Bertz CT molecular complexity index is 609. The van der Waals surface area contributed by atoms with E-state index in [1.165, 1.54) is 7.11 Å². The molecule has 1 aromatic heterocycles. The molecule has 3 nitrogen and oxygen atoms in total. The van der Waals surface area contributed by atoms with Gasteiger partial charge in [0.1, 0.15) is 5.75 Å². The fourth-order valence-corrected chi connectivity index (χ4v) is 2.03. The van der Waals surface area contributed by atoms with Crippen LogP contribution < -0.4 is 4.74 Å². The summed E-state index contributed by atoms with van der Waals surface area (Å²) < 4.78 is 43.9. The van der Waals surface area contributed by atoms with Gasteiger partial charge in [-0.2, -0.15) is 13.2 Å². The summed E-state index contributed by atoms with van der Waals surface area (Å²) >= 11 is 0. The van der Waals surface area contributed by atoms with Crippen LogP contribution in [0.1, 0.15) is 31.0 Å². The SMILES string of the molecule is COc1ccc2c(C(C)C)c(C(F)(F)F)nnc2c1. The van der Waals surface area contributed by atoms with Gasteiger partial charge >= 0.3 is 6.18 Å². The fraction of sp³-hybridized carbons (Fsp3) is 0.385. The molecule has 0 amide bonds. The van der Waals surface area contributed by atoms with Gasteiger partial charge in [0.2, 0.25) is 0 Å². The molecule has 0 aliphatic rings. The zero-order valence-electron chi connectivity index (χ0n) is 10.7. The lowest BCUT2D eigenvalue weighted by Crippen LogP contribution is -2.14. The van der Waals surface area contributed by atoms with Crippen molar-refractivity contribution in [1.29, 1.82) is 0 Å². The highest BCUT2D eigenvalue weighted by molar-refractivity contribution is 5.84. The second-order valence-electron chi connectivity index (χ2n) is 4.50. The molecule has 0 atom stereocenters. The summed E-state index contributed by atoms with van der Waals surface area (Å²) in [5.41, 5.74) is -0.351. The fourth-order valence-electron chi connectivity index (χ4n) is 2.03. The van der Waals surface area contributed by atoms with Crippen LogP contribution in [-0.4, -0.2) is 17.3 Å². The monoisotopic (exact) mass is 270 g/mol. The number of nitrogens with zero attached hydrogens (tertiary/aromatic N) is 2. The lowest BCUT2D eigenvalue weighted by Gasteiger charge is -2.16. The standard InChI is InChI=1S/C13H13F3N2O/c1-7(2)11-9-5-4-8(19-3)6-10(9)17-18-12(11)13(14,15)16/h4-7H,1-3H3. The molecule has 1 aromatic carbocycles. The molecule has 0 aliphatic heterocycles. The molecule has 1 heterocycles. The first kappa shape index (κ1) is 13.6. The highest BCUT2D eigenvalue weighted by atomic mass is 19.4. The van der Waals surface area contributed by atoms with E-state index < -0.39 is 11.9 Å². The Hall–Kier alpha value is -1.85. The Morgan fingerprint density at radius 1 is 1.16 bits per heavy atom. The van der Waals surface area contributed by atoms with E-state index in [0.717, 1.165) is 0 Å². The Kier molecular flexibility index (Phi) is 3.34. The van der Waals surface area contributed by atoms with Crippen molar-refractivity contribution in [3.8, 4) is 5.75 Å². The second kappa shape index (κ2) is 4.68. The second-order valence-corrected chi connectivity index (χ2v) is 4.50. The molecular weight excluding hydrogens is 257 g/mol. The van der Waals surface area contributed by atoms with Crippen molar-refractivity contribution >= 4 is 10.9 Å². The Morgan fingerprint density at radius 3 is 2.37 bits per heavy atom. The van der Waals surface area contributed by atoms with Crippen LogP contribution in [0.15, 0.2) is 18.2 Å². The van der Waals surface area contributed by atoms with Crippen LogP contribution in [0.2, 0.25) is 0 Å². The number of halogens is 3. The van der Waals surface area contributed by atoms with E-state index in [0.29, 0.717) is 16.7 Å². The molecule has 19 heavy (non-hydrogen) atoms. The minimum atomic E-state index is -4.50. The average Bonchev–Trinajstić information content (AvgIpc) is 2.35. The average molecular weight is 270 g/mol. The predicted molar refractivity (Wildman–Crippen MR) is 65.2 cm³/mol. The number of aromatic nitrogens is 2. The summed E-state index contributed by atoms with van der Waals surface area (Å²) in [5, 5.41) is 7.45. The van der Waals surface area contributed by atoms with E-state index in [2.05, 4.69) is 10.2 Å². The molecule has 0 unspecified atom stereocenters. The molecule has 0 N–H and O–H groups in total. The van der Waals surface area contributed by atoms with Crippen LogP contribution in [-0.2, 0) is 6.18 Å². The third-order valence-corrected chi connectivity index (χ3v) is 2.85. The molecule has 0 spiro atoms. The molecule has 0 saturated heterocycles. The summed E-state index contributed by atoms with van der Waals surface area (Å²) in [6.07, 6.45) is -4.50. The maximum absolute atomic E-state index is 13.0. The molecule has 0 saturated carbocycles. The van der Waals surface area contributed by atoms with Gasteiger partial charge in [-0.1, -0.05) is 13.8 Å². The van der Waals surface area contributed by atoms with Gasteiger partial charge in [-0.25, -0.2) is 0 Å². The van der Waals surface area contributed by atoms with Gasteiger partial charge in [0, 0.05) is 11.5 Å². The molecule has 2 rings (SSSR count). The summed E-state index contributed by atoms with van der Waals surface area (Å²) in [6.45, 7) is 3.41. The van der Waals surface area contributed by atoms with Crippen LogP contribution in [0, 0.1) is 0 Å². The summed E-state index contributed by atoms with van der Waals surface area (Å²) in [4.78, 5) is 0. The van der Waals surface area contributed by atoms with Crippen LogP contribution in [0.25, 0.3) is 10.9 Å². The lowest BCUT2D eigenvalue weighted by molar-refractivity contribution is -0.142. The third kappa shape index (κ3) is 2.47. The zero-order valence-corrected chi connectivity index (χ0v) is 10.7. The smallest absolute Gasteiger partial charge is 0.435 e. The van der Waals surface area contributed by atoms with E-state index in [9.17, 15) is 13.2 Å². The molecule has 102 valence electrons. The van der Waals surface area contributed by atoms with Gasteiger partial charge in [-0.05, 0) is 23.6 Å². The normalized spacial score (nSPS) is 12.2. The molecule has 0 aliphatic carbocycles. The minimum absolute atomic E-state index is 0.167. The number of rotatable bonds is 2. The molecule has 2 aromatic rings. The third-order valence-electron chi connectivity index (χ3n) is 2.85. The molecule has 0 fully saturated rings. The highest BCUT2D eigenvalue weighted by Crippen LogP contribution is 2.37. The Balaban J connectivity index is 2.78. The summed E-state index contributed by atoms with van der Waals surface area (Å²) in [7, 11) is 1.49. The van der Waals surface area contributed by atoms with Crippen LogP contribution >= 0.6 is 0 Å². The van der Waals surface area contributed by atoms with Crippen LogP contribution in [0.5, 0.6) is 5.75 Å². The maximum atomic E-state index is 13.0. The van der Waals surface area contributed by atoms with Gasteiger partial charge in [0.05, 0.1) is 12.6 Å². The first-order chi connectivity index (χ1) is 8.84. The predicted octanol–water partition coefficient (Wildman–Crippen LogP) is 3.78. The number of hydrogen-bond donors (Lipinski definition) is 0. The number of ether oxygens (including phenoxy) is 1. The number of hydrogen-bond acceptors (Lipinski definition) is 3. The van der Waals surface area contributed by atoms with Crippen LogP contribution in [0.4, 0.5) is 13.2 Å². The number of alkyl halides is 3. The molecule has 6 heteroatoms. The first-order valence-corrected chi connectivity index (χ1v) is 5.76. The van der Waals surface area contributed by atoms with Crippen molar-refractivity contribution in [3.05, 3.63) is 29.5 Å². The molecular formula is C13H13F3N2O. The summed E-state index contributed by atoms with van der Waals surface area (Å²) in [5.74, 6) is 0.235. The van der Waals surface area contributed by atoms with Crippen molar-refractivity contribution < 1.29 is 17.9 Å². The number of benzene rings is 1. The van der Waals surface area contributed by atoms with Gasteiger partial charge in [-0.15, -0.1) is 10.2 Å². The van der Waals surface area contributed by atoms with Crippen LogP contribution in [0.3, 0.4) is 0 Å². The molecule has 0 radical (unpaired) electrons. The quantitative estimate of drug-likeness (QED) is 0.833. The minimum Gasteiger partial charge on any atom is -0.497 e. The van der Waals surface area contributed by atoms with E-state index in [1.54, 1.807) is 32.0 Å². The van der Waals surface area contributed by atoms with Crippen molar-refractivity contribution in [2.75, 3.05) is 7.11 Å². The largest absolute Gasteiger partial charge is 0.497 e. The van der Waals surface area contributed by atoms with Crippen molar-refractivity contribution in [1.82, 2.24) is 10.2 Å². The first-order valence-electron chi connectivity index (χ1n) is 5.76. The van der Waals surface area contributed by atoms with E-state index in [-0.39, 0.29) is 11.5 Å². The van der Waals surface area contributed by atoms with E-state index in [1.807, 2.05) is 0 Å². The Morgan fingerprint density at radius 2 is 1.84 bits per heavy atom. The van der Waals surface area contributed by atoms with Gasteiger partial charge in [0.15, 0.2) is 5.69 Å². The van der Waals surface area contributed by atoms with Gasteiger partial charge in [-0.3, -0.25) is 0 Å². The summed E-state index contributed by atoms with van der Waals surface area (Å²) in [6, 6.07) is 4.79. The van der Waals surface area contributed by atoms with Crippen molar-refractivity contribution in [2.45, 2.75) is 25.9 Å². The van der Waals surface area contributed by atoms with Gasteiger partial charge < -0.3 is 4.74 Å². The van der Waals surface area contributed by atoms with E-state index in [4.69, 9.17) is 4.74 Å². The number of methoxy groups -OCH3 is 1. The number of fused-ring (bicyclic) bond motifs is 1.